The molecule has 1 aliphatic rings. The number of amides is 2. The van der Waals surface area contributed by atoms with Crippen molar-refractivity contribution in [2.24, 2.45) is 0 Å². The Morgan fingerprint density at radius 2 is 1.47 bits per heavy atom. The van der Waals surface area contributed by atoms with Crippen LogP contribution in [0.4, 0.5) is 24.5 Å². The molecule has 0 aliphatic carbocycles. The Hall–Kier alpha value is -3.68. The van der Waals surface area contributed by atoms with E-state index in [1.807, 2.05) is 33.8 Å². The maximum atomic E-state index is 14.9. The van der Waals surface area contributed by atoms with Crippen LogP contribution in [0.25, 0.3) is 0 Å². The normalized spacial score (nSPS) is 13.3. The standard InChI is InChI=1S/C26H24F3N3O2/c1-13(2)16-8-5-9-17(14(3)4)24(16)32-25(33)18-19(26(32)34)23(22(29)21(28)20(18)27)31-12-15-7-6-10-30-11-15/h5-11,13-14,31H,12H2,1-4H3. The number of carbonyl (C=O) groups is 2. The van der Waals surface area contributed by atoms with Crippen molar-refractivity contribution in [3.63, 3.8) is 0 Å². The van der Waals surface area contributed by atoms with Crippen LogP contribution < -0.4 is 10.2 Å². The average molecular weight is 467 g/mol. The number of fused-ring (bicyclic) bond motifs is 1. The van der Waals surface area contributed by atoms with Crippen LogP contribution in [0, 0.1) is 17.5 Å². The Labute approximate surface area is 195 Å². The molecule has 8 heteroatoms. The Balaban J connectivity index is 1.90. The molecular formula is C26H24F3N3O2. The highest BCUT2D eigenvalue weighted by atomic mass is 19.2. The van der Waals surface area contributed by atoms with Gasteiger partial charge in [0.1, 0.15) is 0 Å². The molecule has 0 radical (unpaired) electrons. The molecule has 1 N–H and O–H groups in total. The van der Waals surface area contributed by atoms with Crippen molar-refractivity contribution >= 4 is 23.2 Å². The molecule has 2 aromatic carbocycles. The Morgan fingerprint density at radius 1 is 0.853 bits per heavy atom. The quantitative estimate of drug-likeness (QED) is 0.349. The second kappa shape index (κ2) is 8.93. The molecule has 1 aliphatic heterocycles. The van der Waals surface area contributed by atoms with Crippen LogP contribution in [0.3, 0.4) is 0 Å². The minimum Gasteiger partial charge on any atom is -0.378 e. The number of anilines is 2. The predicted molar refractivity (Wildman–Crippen MR) is 124 cm³/mol. The average Bonchev–Trinajstić information content (AvgIpc) is 3.07. The lowest BCUT2D eigenvalue weighted by molar-refractivity contribution is 0.0924. The highest BCUT2D eigenvalue weighted by Crippen LogP contribution is 2.43. The summed E-state index contributed by atoms with van der Waals surface area (Å²) in [6, 6.07) is 8.76. The van der Waals surface area contributed by atoms with Crippen molar-refractivity contribution < 1.29 is 22.8 Å². The molecule has 0 saturated carbocycles. The van der Waals surface area contributed by atoms with Crippen LogP contribution in [-0.4, -0.2) is 16.8 Å². The van der Waals surface area contributed by atoms with Crippen LogP contribution >= 0.6 is 0 Å². The number of benzene rings is 2. The zero-order chi connectivity index (χ0) is 24.7. The number of halogens is 3. The van der Waals surface area contributed by atoms with E-state index >= 15 is 0 Å². The molecular weight excluding hydrogens is 443 g/mol. The molecule has 0 saturated heterocycles. The third kappa shape index (κ3) is 3.73. The zero-order valence-corrected chi connectivity index (χ0v) is 19.2. The van der Waals surface area contributed by atoms with E-state index < -0.39 is 46.1 Å². The summed E-state index contributed by atoms with van der Waals surface area (Å²) in [5.74, 6) is -7.09. The minimum atomic E-state index is -1.81. The SMILES string of the molecule is CC(C)c1cccc(C(C)C)c1N1C(=O)c2c(F)c(F)c(F)c(NCc3cccnc3)c2C1=O. The summed E-state index contributed by atoms with van der Waals surface area (Å²) in [7, 11) is 0. The molecule has 4 rings (SSSR count). The Kier molecular flexibility index (Phi) is 6.17. The first-order chi connectivity index (χ1) is 16.1. The first kappa shape index (κ1) is 23.5. The van der Waals surface area contributed by atoms with Gasteiger partial charge in [-0.3, -0.25) is 14.6 Å². The first-order valence-corrected chi connectivity index (χ1v) is 11.0. The Morgan fingerprint density at radius 3 is 2.03 bits per heavy atom. The van der Waals surface area contributed by atoms with Crippen LogP contribution in [0.15, 0.2) is 42.7 Å². The number of carbonyl (C=O) groups excluding carboxylic acids is 2. The van der Waals surface area contributed by atoms with Gasteiger partial charge in [0, 0.05) is 18.9 Å². The van der Waals surface area contributed by atoms with Gasteiger partial charge >= 0.3 is 0 Å². The van der Waals surface area contributed by atoms with Gasteiger partial charge in [-0.2, -0.15) is 0 Å². The van der Waals surface area contributed by atoms with Crippen molar-refractivity contribution in [1.82, 2.24) is 4.98 Å². The lowest BCUT2D eigenvalue weighted by Crippen LogP contribution is -2.32. The number of rotatable bonds is 6. The largest absolute Gasteiger partial charge is 0.378 e. The second-order valence-corrected chi connectivity index (χ2v) is 8.82. The van der Waals surface area contributed by atoms with Crippen molar-refractivity contribution in [2.45, 2.75) is 46.1 Å². The number of pyridine rings is 1. The predicted octanol–water partition coefficient (Wildman–Crippen LogP) is 6.16. The van der Waals surface area contributed by atoms with E-state index in [0.717, 1.165) is 4.90 Å². The topological polar surface area (TPSA) is 62.3 Å². The summed E-state index contributed by atoms with van der Waals surface area (Å²) in [5, 5.41) is 2.67. The van der Waals surface area contributed by atoms with E-state index in [9.17, 15) is 22.8 Å². The van der Waals surface area contributed by atoms with Gasteiger partial charge in [0.15, 0.2) is 17.5 Å². The van der Waals surface area contributed by atoms with Crippen molar-refractivity contribution in [1.29, 1.82) is 0 Å². The van der Waals surface area contributed by atoms with Crippen LogP contribution in [0.2, 0.25) is 0 Å². The van der Waals surface area contributed by atoms with Gasteiger partial charge in [0.2, 0.25) is 0 Å². The molecule has 176 valence electrons. The zero-order valence-electron chi connectivity index (χ0n) is 19.2. The fourth-order valence-corrected chi connectivity index (χ4v) is 4.22. The van der Waals surface area contributed by atoms with E-state index in [1.165, 1.54) is 6.20 Å². The summed E-state index contributed by atoms with van der Waals surface area (Å²) in [5.41, 5.74) is 0.522. The summed E-state index contributed by atoms with van der Waals surface area (Å²) in [6.07, 6.45) is 3.07. The van der Waals surface area contributed by atoms with Gasteiger partial charge in [0.05, 0.1) is 22.5 Å². The summed E-state index contributed by atoms with van der Waals surface area (Å²) in [4.78, 5) is 31.8. The van der Waals surface area contributed by atoms with Gasteiger partial charge < -0.3 is 5.32 Å². The fraction of sp³-hybridized carbons (Fsp3) is 0.269. The molecule has 0 spiro atoms. The molecule has 1 aromatic heterocycles. The van der Waals surface area contributed by atoms with E-state index in [2.05, 4.69) is 10.3 Å². The third-order valence-corrected chi connectivity index (χ3v) is 5.92. The summed E-state index contributed by atoms with van der Waals surface area (Å²) >= 11 is 0. The third-order valence-electron chi connectivity index (χ3n) is 5.92. The number of nitrogens with zero attached hydrogens (tertiary/aromatic N) is 2. The first-order valence-electron chi connectivity index (χ1n) is 11.0. The van der Waals surface area contributed by atoms with Gasteiger partial charge in [-0.05, 0) is 34.6 Å². The van der Waals surface area contributed by atoms with Crippen LogP contribution in [0.5, 0.6) is 0 Å². The van der Waals surface area contributed by atoms with Gasteiger partial charge in [0.25, 0.3) is 11.8 Å². The maximum absolute atomic E-state index is 14.9. The van der Waals surface area contributed by atoms with Gasteiger partial charge in [-0.25, -0.2) is 18.1 Å². The highest BCUT2D eigenvalue weighted by molar-refractivity contribution is 6.36. The molecule has 0 atom stereocenters. The van der Waals surface area contributed by atoms with Gasteiger partial charge in [-0.15, -0.1) is 0 Å². The number of imide groups is 1. The lowest BCUT2D eigenvalue weighted by atomic mass is 9.92. The lowest BCUT2D eigenvalue weighted by Gasteiger charge is -2.25. The molecule has 0 bridgehead atoms. The van der Waals surface area contributed by atoms with E-state index in [4.69, 9.17) is 0 Å². The molecule has 0 unspecified atom stereocenters. The van der Waals surface area contributed by atoms with E-state index in [-0.39, 0.29) is 18.4 Å². The molecule has 0 fully saturated rings. The van der Waals surface area contributed by atoms with E-state index in [1.54, 1.807) is 30.5 Å². The number of hydrogen-bond acceptors (Lipinski definition) is 4. The highest BCUT2D eigenvalue weighted by Gasteiger charge is 2.45. The number of nitrogens with one attached hydrogen (secondary N) is 1. The van der Waals surface area contributed by atoms with Crippen LogP contribution in [0.1, 0.15) is 76.9 Å². The smallest absolute Gasteiger partial charge is 0.269 e. The second-order valence-electron chi connectivity index (χ2n) is 8.82. The molecule has 34 heavy (non-hydrogen) atoms. The molecule has 5 nitrogen and oxygen atoms in total. The number of aromatic nitrogens is 1. The fourth-order valence-electron chi connectivity index (χ4n) is 4.22. The molecule has 3 aromatic rings. The minimum absolute atomic E-state index is 0.0103. The maximum Gasteiger partial charge on any atom is 0.269 e. The van der Waals surface area contributed by atoms with Crippen molar-refractivity contribution in [2.75, 3.05) is 10.2 Å². The molecule has 2 amide bonds. The summed E-state index contributed by atoms with van der Waals surface area (Å²) in [6.45, 7) is 7.61. The van der Waals surface area contributed by atoms with Crippen LogP contribution in [-0.2, 0) is 6.54 Å². The van der Waals surface area contributed by atoms with E-state index in [0.29, 0.717) is 22.4 Å². The number of hydrogen-bond donors (Lipinski definition) is 1. The van der Waals surface area contributed by atoms with Gasteiger partial charge in [-0.1, -0.05) is 52.0 Å². The molecule has 2 heterocycles. The number of para-hydroxylation sites is 1. The Bertz CT molecular complexity index is 1260. The monoisotopic (exact) mass is 467 g/mol. The van der Waals surface area contributed by atoms with Crippen molar-refractivity contribution in [3.05, 3.63) is 88.0 Å². The van der Waals surface area contributed by atoms with Crippen molar-refractivity contribution in [3.8, 4) is 0 Å². The summed E-state index contributed by atoms with van der Waals surface area (Å²) < 4.78 is 44.3.